The van der Waals surface area contributed by atoms with Gasteiger partial charge in [-0.2, -0.15) is 0 Å². The summed E-state index contributed by atoms with van der Waals surface area (Å²) in [6, 6.07) is 6.19. The molecule has 0 fully saturated rings. The van der Waals surface area contributed by atoms with Crippen LogP contribution in [-0.4, -0.2) is 21.5 Å². The van der Waals surface area contributed by atoms with Crippen molar-refractivity contribution in [2.45, 2.75) is 39.0 Å². The lowest BCUT2D eigenvalue weighted by Gasteiger charge is -2.22. The lowest BCUT2D eigenvalue weighted by Crippen LogP contribution is -2.29. The van der Waals surface area contributed by atoms with Crippen LogP contribution in [0.1, 0.15) is 12.5 Å². The van der Waals surface area contributed by atoms with Crippen LogP contribution in [0.5, 0.6) is 11.5 Å². The van der Waals surface area contributed by atoms with Crippen LogP contribution in [0.4, 0.5) is 0 Å². The van der Waals surface area contributed by atoms with E-state index in [2.05, 4.69) is 19.6 Å². The van der Waals surface area contributed by atoms with Crippen LogP contribution in [0.2, 0.25) is 19.6 Å². The second-order valence-corrected chi connectivity index (χ2v) is 9.81. The van der Waals surface area contributed by atoms with Crippen molar-refractivity contribution in [2.24, 2.45) is 5.73 Å². The molecule has 1 unspecified atom stereocenters. The first-order chi connectivity index (χ1) is 7.81. The Balaban J connectivity index is 2.98. The fourth-order valence-electron chi connectivity index (χ4n) is 1.63. The maximum atomic E-state index is 6.02. The number of hydrogen-bond donors (Lipinski definition) is 1. The molecule has 0 aliphatic heterocycles. The first kappa shape index (κ1) is 14.1. The monoisotopic (exact) mass is 253 g/mol. The molecule has 0 heterocycles. The number of ether oxygens (including phenoxy) is 1. The van der Waals surface area contributed by atoms with Gasteiger partial charge in [-0.05, 0) is 50.7 Å². The molecule has 96 valence electrons. The van der Waals surface area contributed by atoms with Crippen molar-refractivity contribution in [1.82, 2.24) is 0 Å². The summed E-state index contributed by atoms with van der Waals surface area (Å²) in [5.74, 6) is 1.63. The molecule has 0 aliphatic rings. The Hall–Kier alpha value is -1.00. The van der Waals surface area contributed by atoms with Crippen LogP contribution in [0, 0.1) is 0 Å². The van der Waals surface area contributed by atoms with Gasteiger partial charge in [0.25, 0.3) is 0 Å². The summed E-state index contributed by atoms with van der Waals surface area (Å²) in [5.41, 5.74) is 7.00. The van der Waals surface area contributed by atoms with Crippen LogP contribution >= 0.6 is 0 Å². The van der Waals surface area contributed by atoms with Crippen molar-refractivity contribution in [2.75, 3.05) is 7.11 Å². The predicted molar refractivity (Wildman–Crippen MR) is 74.3 cm³/mol. The van der Waals surface area contributed by atoms with E-state index in [1.54, 1.807) is 7.11 Å². The average molecular weight is 253 g/mol. The largest absolute Gasteiger partial charge is 0.542 e. The average Bonchev–Trinajstić information content (AvgIpc) is 2.14. The van der Waals surface area contributed by atoms with Gasteiger partial charge in [-0.15, -0.1) is 0 Å². The molecule has 0 saturated carbocycles. The van der Waals surface area contributed by atoms with Gasteiger partial charge in [-0.1, -0.05) is 6.07 Å². The van der Waals surface area contributed by atoms with Crippen LogP contribution < -0.4 is 14.9 Å². The van der Waals surface area contributed by atoms with Crippen molar-refractivity contribution in [1.29, 1.82) is 0 Å². The first-order valence-corrected chi connectivity index (χ1v) is 9.34. The highest BCUT2D eigenvalue weighted by Crippen LogP contribution is 2.30. The van der Waals surface area contributed by atoms with Crippen molar-refractivity contribution in [3.8, 4) is 11.5 Å². The van der Waals surface area contributed by atoms with Crippen molar-refractivity contribution in [3.05, 3.63) is 23.8 Å². The third-order valence-electron chi connectivity index (χ3n) is 2.20. The third kappa shape index (κ3) is 4.79. The molecule has 0 bridgehead atoms. The fraction of sp³-hybridized carbons (Fsp3) is 0.538. The summed E-state index contributed by atoms with van der Waals surface area (Å²) < 4.78 is 11.3. The minimum absolute atomic E-state index is 0.156. The van der Waals surface area contributed by atoms with Crippen molar-refractivity contribution < 1.29 is 9.16 Å². The van der Waals surface area contributed by atoms with E-state index in [0.29, 0.717) is 0 Å². The van der Waals surface area contributed by atoms with E-state index in [-0.39, 0.29) is 6.04 Å². The van der Waals surface area contributed by atoms with E-state index in [0.717, 1.165) is 17.9 Å². The van der Waals surface area contributed by atoms with Gasteiger partial charge in [0.05, 0.1) is 7.11 Å². The molecule has 1 rings (SSSR count). The van der Waals surface area contributed by atoms with Crippen LogP contribution in [0.15, 0.2) is 18.2 Å². The zero-order valence-electron chi connectivity index (χ0n) is 11.4. The maximum absolute atomic E-state index is 6.02. The molecule has 17 heavy (non-hydrogen) atoms. The summed E-state index contributed by atoms with van der Waals surface area (Å²) in [6.07, 6.45) is 0.853. The highest BCUT2D eigenvalue weighted by atomic mass is 28.4. The lowest BCUT2D eigenvalue weighted by atomic mass is 10.1. The van der Waals surface area contributed by atoms with E-state index in [1.807, 2.05) is 25.1 Å². The molecule has 1 atom stereocenters. The highest BCUT2D eigenvalue weighted by Gasteiger charge is 2.19. The Bertz CT molecular complexity index is 372. The molecule has 0 aromatic heterocycles. The van der Waals surface area contributed by atoms with Gasteiger partial charge in [-0.3, -0.25) is 0 Å². The third-order valence-corrected chi connectivity index (χ3v) is 3.03. The molecule has 0 saturated heterocycles. The molecule has 0 amide bonds. The normalized spacial score (nSPS) is 13.3. The Morgan fingerprint density at radius 2 is 1.88 bits per heavy atom. The molecule has 1 aromatic carbocycles. The van der Waals surface area contributed by atoms with Crippen LogP contribution in [0.3, 0.4) is 0 Å². The van der Waals surface area contributed by atoms with E-state index < -0.39 is 8.32 Å². The summed E-state index contributed by atoms with van der Waals surface area (Å²) in [6.45, 7) is 8.48. The Morgan fingerprint density at radius 3 is 2.35 bits per heavy atom. The molecule has 3 nitrogen and oxygen atoms in total. The molecule has 4 heteroatoms. The summed E-state index contributed by atoms with van der Waals surface area (Å²) in [4.78, 5) is 0. The minimum atomic E-state index is -1.62. The van der Waals surface area contributed by atoms with Gasteiger partial charge < -0.3 is 14.9 Å². The number of hydrogen-bond acceptors (Lipinski definition) is 3. The summed E-state index contributed by atoms with van der Waals surface area (Å²) >= 11 is 0. The van der Waals surface area contributed by atoms with Gasteiger partial charge in [0, 0.05) is 6.04 Å². The van der Waals surface area contributed by atoms with Gasteiger partial charge in [0.2, 0.25) is 8.32 Å². The Labute approximate surface area is 105 Å². The van der Waals surface area contributed by atoms with E-state index in [4.69, 9.17) is 14.9 Å². The van der Waals surface area contributed by atoms with Crippen LogP contribution in [-0.2, 0) is 6.42 Å². The zero-order valence-corrected chi connectivity index (χ0v) is 12.4. The number of nitrogens with two attached hydrogens (primary N) is 1. The topological polar surface area (TPSA) is 44.5 Å². The lowest BCUT2D eigenvalue weighted by molar-refractivity contribution is 0.391. The quantitative estimate of drug-likeness (QED) is 0.821. The van der Waals surface area contributed by atoms with Crippen molar-refractivity contribution in [3.63, 3.8) is 0 Å². The standard InChI is InChI=1S/C13H23NO2Si/c1-10(14)8-11-6-7-12(15-2)13(9-11)16-17(3,4)5/h6-7,9-10H,8,14H2,1-5H3. The maximum Gasteiger partial charge on any atom is 0.242 e. The molecule has 2 N–H and O–H groups in total. The van der Waals surface area contributed by atoms with Crippen LogP contribution in [0.25, 0.3) is 0 Å². The number of methoxy groups -OCH3 is 1. The minimum Gasteiger partial charge on any atom is -0.542 e. The second kappa shape index (κ2) is 5.56. The molecule has 1 aromatic rings. The van der Waals surface area contributed by atoms with Gasteiger partial charge in [-0.25, -0.2) is 0 Å². The zero-order chi connectivity index (χ0) is 13.1. The SMILES string of the molecule is COc1ccc(CC(C)N)cc1O[Si](C)(C)C. The molecule has 0 radical (unpaired) electrons. The first-order valence-electron chi connectivity index (χ1n) is 5.93. The smallest absolute Gasteiger partial charge is 0.242 e. The Kier molecular flexibility index (Phi) is 4.59. The Morgan fingerprint density at radius 1 is 1.24 bits per heavy atom. The van der Waals surface area contributed by atoms with E-state index >= 15 is 0 Å². The second-order valence-electron chi connectivity index (χ2n) is 5.38. The van der Waals surface area contributed by atoms with E-state index in [9.17, 15) is 0 Å². The highest BCUT2D eigenvalue weighted by molar-refractivity contribution is 6.70. The summed E-state index contributed by atoms with van der Waals surface area (Å²) in [5, 5.41) is 0. The number of benzene rings is 1. The molecular weight excluding hydrogens is 230 g/mol. The molecule has 0 spiro atoms. The molecular formula is C13H23NO2Si. The van der Waals surface area contributed by atoms with Gasteiger partial charge in [0.15, 0.2) is 5.75 Å². The van der Waals surface area contributed by atoms with Crippen molar-refractivity contribution >= 4 is 8.32 Å². The molecule has 0 aliphatic carbocycles. The van der Waals surface area contributed by atoms with Gasteiger partial charge in [0.1, 0.15) is 5.75 Å². The predicted octanol–water partition coefficient (Wildman–Crippen LogP) is 2.80. The summed E-state index contributed by atoms with van der Waals surface area (Å²) in [7, 11) is 0.0445. The number of rotatable bonds is 5. The van der Waals surface area contributed by atoms with E-state index in [1.165, 1.54) is 5.56 Å². The van der Waals surface area contributed by atoms with Gasteiger partial charge >= 0.3 is 0 Å². The fourth-order valence-corrected chi connectivity index (χ4v) is 2.45.